The number of rotatable bonds is 3. The molecule has 138 valence electrons. The Morgan fingerprint density at radius 3 is 2.58 bits per heavy atom. The van der Waals surface area contributed by atoms with E-state index in [-0.39, 0.29) is 18.0 Å². The van der Waals surface area contributed by atoms with E-state index in [9.17, 15) is 22.0 Å². The van der Waals surface area contributed by atoms with Crippen LogP contribution in [0.5, 0.6) is 5.75 Å². The lowest BCUT2D eigenvalue weighted by atomic mass is 10.1. The van der Waals surface area contributed by atoms with Crippen LogP contribution in [-0.2, 0) is 14.8 Å². The van der Waals surface area contributed by atoms with Crippen LogP contribution in [0, 0.1) is 18.6 Å². The van der Waals surface area contributed by atoms with Crippen molar-refractivity contribution in [3.8, 4) is 5.75 Å². The lowest BCUT2D eigenvalue weighted by Crippen LogP contribution is -2.48. The number of benzene rings is 2. The Hall–Kier alpha value is -2.68. The van der Waals surface area contributed by atoms with Crippen molar-refractivity contribution in [1.29, 1.82) is 0 Å². The molecular weight excluding hydrogens is 366 g/mol. The van der Waals surface area contributed by atoms with Crippen LogP contribution in [0.1, 0.15) is 5.56 Å². The molecule has 0 saturated heterocycles. The minimum atomic E-state index is -3.64. The molecule has 0 radical (unpaired) electrons. The number of carbonyl (C=O) groups is 1. The third-order valence-electron chi connectivity index (χ3n) is 3.86. The second-order valence-corrected chi connectivity index (χ2v) is 7.90. The van der Waals surface area contributed by atoms with Crippen LogP contribution in [-0.4, -0.2) is 33.2 Å². The number of anilines is 2. The number of fused-ring (bicyclic) bond motifs is 1. The first-order valence-electron chi connectivity index (χ1n) is 7.66. The van der Waals surface area contributed by atoms with Crippen molar-refractivity contribution in [1.82, 2.24) is 0 Å². The number of carbonyl (C=O) groups excluding carboxylic acids is 1. The first kappa shape index (κ1) is 18.1. The van der Waals surface area contributed by atoms with Gasteiger partial charge in [0.2, 0.25) is 10.0 Å². The molecular formula is C17H16F2N2O4S. The van der Waals surface area contributed by atoms with Gasteiger partial charge in [0, 0.05) is 11.8 Å². The largest absolute Gasteiger partial charge is 0.476 e. The van der Waals surface area contributed by atoms with E-state index in [0.29, 0.717) is 5.69 Å². The summed E-state index contributed by atoms with van der Waals surface area (Å²) in [6.07, 6.45) is -0.109. The zero-order chi connectivity index (χ0) is 19.1. The molecule has 1 heterocycles. The number of halogens is 2. The zero-order valence-corrected chi connectivity index (χ0v) is 14.8. The number of nitrogens with one attached hydrogen (secondary N) is 1. The molecule has 0 unspecified atom stereocenters. The van der Waals surface area contributed by atoms with Gasteiger partial charge in [-0.2, -0.15) is 0 Å². The van der Waals surface area contributed by atoms with Crippen LogP contribution in [0.25, 0.3) is 0 Å². The Labute approximate surface area is 149 Å². The fourth-order valence-electron chi connectivity index (χ4n) is 2.61. The fraction of sp³-hybridized carbons (Fsp3) is 0.235. The van der Waals surface area contributed by atoms with E-state index < -0.39 is 33.7 Å². The third-order valence-corrected chi connectivity index (χ3v) is 5.01. The van der Waals surface area contributed by atoms with Gasteiger partial charge in [-0.05, 0) is 36.8 Å². The summed E-state index contributed by atoms with van der Waals surface area (Å²) in [5.41, 5.74) is 1.23. The minimum absolute atomic E-state index is 0.0399. The maximum atomic E-state index is 13.3. The van der Waals surface area contributed by atoms with Crippen molar-refractivity contribution in [2.45, 2.75) is 13.0 Å². The Bertz CT molecular complexity index is 979. The van der Waals surface area contributed by atoms with Gasteiger partial charge >= 0.3 is 0 Å². The molecule has 0 aliphatic carbocycles. The highest BCUT2D eigenvalue weighted by Crippen LogP contribution is 2.36. The normalized spacial score (nSPS) is 16.6. The molecule has 1 atom stereocenters. The quantitative estimate of drug-likeness (QED) is 0.885. The molecule has 1 N–H and O–H groups in total. The molecule has 1 aliphatic heterocycles. The van der Waals surface area contributed by atoms with E-state index in [2.05, 4.69) is 5.32 Å². The summed E-state index contributed by atoms with van der Waals surface area (Å²) < 4.78 is 57.2. The zero-order valence-electron chi connectivity index (χ0n) is 14.0. The summed E-state index contributed by atoms with van der Waals surface area (Å²) in [6.45, 7) is 1.58. The molecule has 2 aromatic carbocycles. The SMILES string of the molecule is Cc1ccc2c(c1)N(S(C)(=O)=O)C[C@@H](C(=O)Nc1ccc(F)c(F)c1)O2. The summed E-state index contributed by atoms with van der Waals surface area (Å²) in [5, 5.41) is 2.40. The molecule has 0 bridgehead atoms. The second kappa shape index (κ2) is 6.56. The molecule has 2 aromatic rings. The van der Waals surface area contributed by atoms with Gasteiger partial charge in [-0.15, -0.1) is 0 Å². The van der Waals surface area contributed by atoms with E-state index in [0.717, 1.165) is 28.3 Å². The molecule has 0 saturated carbocycles. The molecule has 26 heavy (non-hydrogen) atoms. The van der Waals surface area contributed by atoms with Gasteiger partial charge < -0.3 is 10.1 Å². The summed E-state index contributed by atoms with van der Waals surface area (Å²) >= 11 is 0. The number of sulfonamides is 1. The Morgan fingerprint density at radius 1 is 1.19 bits per heavy atom. The smallest absolute Gasteiger partial charge is 0.267 e. The molecule has 1 aliphatic rings. The van der Waals surface area contributed by atoms with Gasteiger partial charge in [0.25, 0.3) is 5.91 Å². The first-order chi connectivity index (χ1) is 12.1. The van der Waals surface area contributed by atoms with Gasteiger partial charge in [0.05, 0.1) is 18.5 Å². The number of hydrogen-bond acceptors (Lipinski definition) is 4. The summed E-state index contributed by atoms with van der Waals surface area (Å²) in [6, 6.07) is 7.88. The third kappa shape index (κ3) is 3.62. The molecule has 0 aromatic heterocycles. The molecule has 9 heteroatoms. The molecule has 0 fully saturated rings. The highest BCUT2D eigenvalue weighted by Gasteiger charge is 2.35. The maximum absolute atomic E-state index is 13.3. The molecule has 3 rings (SSSR count). The Balaban J connectivity index is 1.88. The van der Waals surface area contributed by atoms with Gasteiger partial charge in [0.1, 0.15) is 5.75 Å². The monoisotopic (exact) mass is 382 g/mol. The lowest BCUT2D eigenvalue weighted by molar-refractivity contribution is -0.122. The van der Waals surface area contributed by atoms with Gasteiger partial charge in [-0.25, -0.2) is 17.2 Å². The minimum Gasteiger partial charge on any atom is -0.476 e. The fourth-order valence-corrected chi connectivity index (χ4v) is 3.51. The van der Waals surface area contributed by atoms with Crippen molar-refractivity contribution >= 4 is 27.3 Å². The van der Waals surface area contributed by atoms with Crippen molar-refractivity contribution in [3.63, 3.8) is 0 Å². The summed E-state index contributed by atoms with van der Waals surface area (Å²) in [5.74, 6) is -2.57. The van der Waals surface area contributed by atoms with Crippen LogP contribution in [0.2, 0.25) is 0 Å². The Kier molecular flexibility index (Phi) is 4.57. The van der Waals surface area contributed by atoms with E-state index in [1.54, 1.807) is 18.2 Å². The molecule has 6 nitrogen and oxygen atoms in total. The lowest BCUT2D eigenvalue weighted by Gasteiger charge is -2.34. The maximum Gasteiger partial charge on any atom is 0.267 e. The van der Waals surface area contributed by atoms with Crippen LogP contribution in [0.3, 0.4) is 0 Å². The van der Waals surface area contributed by atoms with Gasteiger partial charge in [0.15, 0.2) is 17.7 Å². The highest BCUT2D eigenvalue weighted by atomic mass is 32.2. The average Bonchev–Trinajstić information content (AvgIpc) is 2.56. The van der Waals surface area contributed by atoms with E-state index >= 15 is 0 Å². The number of hydrogen-bond donors (Lipinski definition) is 1. The van der Waals surface area contributed by atoms with E-state index in [1.165, 1.54) is 6.07 Å². The predicted octanol–water partition coefficient (Wildman–Crippen LogP) is 2.44. The number of aryl methyl sites for hydroxylation is 1. The topological polar surface area (TPSA) is 75.7 Å². The standard InChI is InChI=1S/C17H16F2N2O4S/c1-10-3-6-15-14(7-10)21(26(2,23)24)9-16(25-15)17(22)20-11-4-5-12(18)13(19)8-11/h3-8,16H,9H2,1-2H3,(H,20,22)/t16-/m0/s1. The van der Waals surface area contributed by atoms with Crippen LogP contribution >= 0.6 is 0 Å². The average molecular weight is 382 g/mol. The van der Waals surface area contributed by atoms with Gasteiger partial charge in [-0.3, -0.25) is 9.10 Å². The number of ether oxygens (including phenoxy) is 1. The van der Waals surface area contributed by atoms with Crippen molar-refractivity contribution in [2.24, 2.45) is 0 Å². The van der Waals surface area contributed by atoms with Crippen molar-refractivity contribution in [2.75, 3.05) is 22.4 Å². The summed E-state index contributed by atoms with van der Waals surface area (Å²) in [4.78, 5) is 12.4. The first-order valence-corrected chi connectivity index (χ1v) is 9.51. The van der Waals surface area contributed by atoms with E-state index in [4.69, 9.17) is 4.74 Å². The highest BCUT2D eigenvalue weighted by molar-refractivity contribution is 7.92. The van der Waals surface area contributed by atoms with Crippen molar-refractivity contribution < 1.29 is 26.7 Å². The molecule has 1 amide bonds. The predicted molar refractivity (Wildman–Crippen MR) is 92.8 cm³/mol. The second-order valence-electron chi connectivity index (χ2n) is 5.99. The van der Waals surface area contributed by atoms with Crippen molar-refractivity contribution in [3.05, 3.63) is 53.6 Å². The van der Waals surface area contributed by atoms with Gasteiger partial charge in [-0.1, -0.05) is 6.07 Å². The molecule has 0 spiro atoms. The summed E-state index contributed by atoms with van der Waals surface area (Å²) in [7, 11) is -3.64. The van der Waals surface area contributed by atoms with E-state index in [1.807, 2.05) is 6.92 Å². The van der Waals surface area contributed by atoms with Crippen LogP contribution in [0.4, 0.5) is 20.2 Å². The number of amides is 1. The Morgan fingerprint density at radius 2 is 1.92 bits per heavy atom. The van der Waals surface area contributed by atoms with Crippen LogP contribution < -0.4 is 14.4 Å². The number of nitrogens with zero attached hydrogens (tertiary/aromatic N) is 1. The van der Waals surface area contributed by atoms with Crippen LogP contribution in [0.15, 0.2) is 36.4 Å².